The van der Waals surface area contributed by atoms with Crippen LogP contribution in [0.5, 0.6) is 11.5 Å². The van der Waals surface area contributed by atoms with Crippen LogP contribution in [-0.4, -0.2) is 26.2 Å². The standard InChI is InChI=1S/C20H15FO6/c1-24-18-11-12(19(22)25-2)7-8-16(18)27-20(23)17-10-9-15(26-17)13-5-3-4-6-14(13)21/h3-11H,1-2H3. The van der Waals surface area contributed by atoms with Crippen molar-refractivity contribution < 1.29 is 32.6 Å². The first-order valence-electron chi connectivity index (χ1n) is 7.86. The Labute approximate surface area is 154 Å². The van der Waals surface area contributed by atoms with E-state index in [9.17, 15) is 14.0 Å². The average molecular weight is 370 g/mol. The van der Waals surface area contributed by atoms with E-state index in [0.717, 1.165) is 0 Å². The van der Waals surface area contributed by atoms with Gasteiger partial charge in [-0.25, -0.2) is 14.0 Å². The monoisotopic (exact) mass is 370 g/mol. The molecular formula is C20H15FO6. The minimum absolute atomic E-state index is 0.0963. The summed E-state index contributed by atoms with van der Waals surface area (Å²) in [5.74, 6) is -1.44. The minimum atomic E-state index is -0.790. The van der Waals surface area contributed by atoms with Crippen LogP contribution in [0.4, 0.5) is 4.39 Å². The molecule has 0 radical (unpaired) electrons. The Kier molecular flexibility index (Phi) is 5.21. The van der Waals surface area contributed by atoms with Crippen molar-refractivity contribution >= 4 is 11.9 Å². The molecular weight excluding hydrogens is 355 g/mol. The van der Waals surface area contributed by atoms with Gasteiger partial charge in [0.15, 0.2) is 11.5 Å². The third-order valence-corrected chi connectivity index (χ3v) is 3.73. The zero-order valence-corrected chi connectivity index (χ0v) is 14.5. The molecule has 0 atom stereocenters. The molecule has 0 amide bonds. The second-order valence-corrected chi connectivity index (χ2v) is 5.39. The maximum absolute atomic E-state index is 13.8. The molecule has 0 fully saturated rings. The molecule has 0 bridgehead atoms. The molecule has 0 unspecified atom stereocenters. The van der Waals surface area contributed by atoms with Crippen LogP contribution in [0.3, 0.4) is 0 Å². The molecule has 3 aromatic rings. The van der Waals surface area contributed by atoms with Gasteiger partial charge in [0.1, 0.15) is 11.6 Å². The van der Waals surface area contributed by atoms with Crippen LogP contribution < -0.4 is 9.47 Å². The normalized spacial score (nSPS) is 10.3. The maximum atomic E-state index is 13.8. The lowest BCUT2D eigenvalue weighted by molar-refractivity contribution is 0.0600. The largest absolute Gasteiger partial charge is 0.493 e. The average Bonchev–Trinajstić information content (AvgIpc) is 3.18. The zero-order chi connectivity index (χ0) is 19.4. The Morgan fingerprint density at radius 2 is 1.70 bits per heavy atom. The molecule has 0 saturated carbocycles. The summed E-state index contributed by atoms with van der Waals surface area (Å²) >= 11 is 0. The zero-order valence-electron chi connectivity index (χ0n) is 14.5. The third kappa shape index (κ3) is 3.82. The van der Waals surface area contributed by atoms with E-state index in [2.05, 4.69) is 4.74 Å². The lowest BCUT2D eigenvalue weighted by Crippen LogP contribution is -2.09. The summed E-state index contributed by atoms with van der Waals surface area (Å²) in [6.07, 6.45) is 0. The molecule has 0 aliphatic rings. The van der Waals surface area contributed by atoms with Gasteiger partial charge < -0.3 is 18.6 Å². The predicted molar refractivity (Wildman–Crippen MR) is 93.4 cm³/mol. The first kappa shape index (κ1) is 18.2. The molecule has 2 aromatic carbocycles. The fourth-order valence-electron chi connectivity index (χ4n) is 2.40. The van der Waals surface area contributed by atoms with Gasteiger partial charge in [-0.05, 0) is 42.5 Å². The molecule has 0 aliphatic carbocycles. The maximum Gasteiger partial charge on any atom is 0.379 e. The van der Waals surface area contributed by atoms with Crippen molar-refractivity contribution in [3.63, 3.8) is 0 Å². The fraction of sp³-hybridized carbons (Fsp3) is 0.100. The van der Waals surface area contributed by atoms with Crippen molar-refractivity contribution in [1.82, 2.24) is 0 Å². The number of rotatable bonds is 5. The van der Waals surface area contributed by atoms with Crippen molar-refractivity contribution in [1.29, 1.82) is 0 Å². The van der Waals surface area contributed by atoms with Crippen LogP contribution in [0.2, 0.25) is 0 Å². The highest BCUT2D eigenvalue weighted by Gasteiger charge is 2.19. The van der Waals surface area contributed by atoms with Gasteiger partial charge in [0.2, 0.25) is 5.76 Å². The van der Waals surface area contributed by atoms with E-state index < -0.39 is 17.8 Å². The van der Waals surface area contributed by atoms with Crippen LogP contribution in [0.1, 0.15) is 20.9 Å². The first-order chi connectivity index (χ1) is 13.0. The number of carbonyl (C=O) groups excluding carboxylic acids is 2. The van der Waals surface area contributed by atoms with E-state index in [0.29, 0.717) is 0 Å². The van der Waals surface area contributed by atoms with Gasteiger partial charge in [-0.3, -0.25) is 0 Å². The molecule has 138 valence electrons. The molecule has 7 heteroatoms. The topological polar surface area (TPSA) is 75.0 Å². The van der Waals surface area contributed by atoms with Gasteiger partial charge in [0.25, 0.3) is 0 Å². The molecule has 0 aliphatic heterocycles. The van der Waals surface area contributed by atoms with E-state index in [1.54, 1.807) is 12.1 Å². The Morgan fingerprint density at radius 1 is 0.926 bits per heavy atom. The van der Waals surface area contributed by atoms with Crippen molar-refractivity contribution in [2.45, 2.75) is 0 Å². The summed E-state index contributed by atoms with van der Waals surface area (Å²) in [6, 6.07) is 13.1. The first-order valence-corrected chi connectivity index (χ1v) is 7.86. The molecule has 0 N–H and O–H groups in total. The van der Waals surface area contributed by atoms with Crippen molar-refractivity contribution in [3.05, 3.63) is 71.7 Å². The summed E-state index contributed by atoms with van der Waals surface area (Å²) in [4.78, 5) is 23.9. The quantitative estimate of drug-likeness (QED) is 0.497. The number of carbonyl (C=O) groups is 2. The highest BCUT2D eigenvalue weighted by molar-refractivity contribution is 5.91. The molecule has 0 saturated heterocycles. The van der Waals surface area contributed by atoms with Gasteiger partial charge in [-0.15, -0.1) is 0 Å². The van der Waals surface area contributed by atoms with Crippen LogP contribution in [0, 0.1) is 5.82 Å². The van der Waals surface area contributed by atoms with E-state index in [1.807, 2.05) is 0 Å². The molecule has 0 spiro atoms. The van der Waals surface area contributed by atoms with Crippen LogP contribution >= 0.6 is 0 Å². The Morgan fingerprint density at radius 3 is 2.41 bits per heavy atom. The second kappa shape index (κ2) is 7.74. The number of benzene rings is 2. The van der Waals surface area contributed by atoms with Crippen molar-refractivity contribution in [2.24, 2.45) is 0 Å². The van der Waals surface area contributed by atoms with Crippen molar-refractivity contribution in [3.8, 4) is 22.8 Å². The van der Waals surface area contributed by atoms with Crippen LogP contribution in [0.25, 0.3) is 11.3 Å². The highest BCUT2D eigenvalue weighted by Crippen LogP contribution is 2.30. The summed E-state index contributed by atoms with van der Waals surface area (Å²) < 4.78 is 34.3. The third-order valence-electron chi connectivity index (χ3n) is 3.73. The summed E-state index contributed by atoms with van der Waals surface area (Å²) in [5, 5.41) is 0. The highest BCUT2D eigenvalue weighted by atomic mass is 19.1. The minimum Gasteiger partial charge on any atom is -0.493 e. The van der Waals surface area contributed by atoms with Gasteiger partial charge in [0.05, 0.1) is 25.3 Å². The second-order valence-electron chi connectivity index (χ2n) is 5.39. The van der Waals surface area contributed by atoms with Crippen LogP contribution in [0.15, 0.2) is 59.0 Å². The summed E-state index contributed by atoms with van der Waals surface area (Å²) in [7, 11) is 2.63. The van der Waals surface area contributed by atoms with Gasteiger partial charge >= 0.3 is 11.9 Å². The lowest BCUT2D eigenvalue weighted by Gasteiger charge is -2.09. The van der Waals surface area contributed by atoms with E-state index in [1.165, 1.54) is 56.7 Å². The Balaban J connectivity index is 1.82. The van der Waals surface area contributed by atoms with Crippen LogP contribution in [-0.2, 0) is 4.74 Å². The number of ether oxygens (including phenoxy) is 3. The van der Waals surface area contributed by atoms with Gasteiger partial charge in [0, 0.05) is 0 Å². The summed E-state index contributed by atoms with van der Waals surface area (Å²) in [5.41, 5.74) is 0.477. The SMILES string of the molecule is COC(=O)c1ccc(OC(=O)c2ccc(-c3ccccc3F)o2)c(OC)c1. The number of hydrogen-bond acceptors (Lipinski definition) is 6. The van der Waals surface area contributed by atoms with E-state index >= 15 is 0 Å². The number of furan rings is 1. The number of halogens is 1. The smallest absolute Gasteiger partial charge is 0.379 e. The van der Waals surface area contributed by atoms with E-state index in [-0.39, 0.29) is 34.1 Å². The van der Waals surface area contributed by atoms with Gasteiger partial charge in [-0.1, -0.05) is 12.1 Å². The van der Waals surface area contributed by atoms with E-state index in [4.69, 9.17) is 13.9 Å². The Bertz CT molecular complexity index is 992. The number of methoxy groups -OCH3 is 2. The molecule has 1 aromatic heterocycles. The molecule has 27 heavy (non-hydrogen) atoms. The molecule has 6 nitrogen and oxygen atoms in total. The Hall–Kier alpha value is -3.61. The van der Waals surface area contributed by atoms with Crippen molar-refractivity contribution in [2.75, 3.05) is 14.2 Å². The predicted octanol–water partition coefficient (Wildman–Crippen LogP) is 4.10. The number of esters is 2. The molecule has 3 rings (SSSR count). The molecule has 1 heterocycles. The fourth-order valence-corrected chi connectivity index (χ4v) is 2.40. The number of hydrogen-bond donors (Lipinski definition) is 0. The van der Waals surface area contributed by atoms with Gasteiger partial charge in [-0.2, -0.15) is 0 Å². The lowest BCUT2D eigenvalue weighted by atomic mass is 10.1. The summed E-state index contributed by atoms with van der Waals surface area (Å²) in [6.45, 7) is 0.